The van der Waals surface area contributed by atoms with Gasteiger partial charge in [0.2, 0.25) is 11.8 Å². The third kappa shape index (κ3) is 6.65. The number of nitro groups is 1. The summed E-state index contributed by atoms with van der Waals surface area (Å²) in [7, 11) is 0. The van der Waals surface area contributed by atoms with E-state index < -0.39 is 11.0 Å². The summed E-state index contributed by atoms with van der Waals surface area (Å²) in [5.74, 6) is -0.660. The lowest BCUT2D eigenvalue weighted by atomic mass is 10.0. The molecular formula is C26H26ClN3O4. The minimum absolute atomic E-state index is 0.125. The van der Waals surface area contributed by atoms with Crippen molar-refractivity contribution in [2.75, 3.05) is 6.54 Å². The van der Waals surface area contributed by atoms with E-state index in [4.69, 9.17) is 11.6 Å². The van der Waals surface area contributed by atoms with Gasteiger partial charge in [-0.05, 0) is 30.2 Å². The van der Waals surface area contributed by atoms with Crippen LogP contribution in [0.15, 0.2) is 78.9 Å². The standard InChI is InChI=1S/C26H26ClN3O4/c1-2-28-26(32)24(16-19-8-4-3-5-9-19)29(18-20-12-14-22(27)15-13-20)25(31)17-21-10-6-7-11-23(21)30(33)34/h3-15,24H,2,16-18H2,1H3,(H,28,32)/t24-/m0/s1. The highest BCUT2D eigenvalue weighted by Crippen LogP contribution is 2.22. The van der Waals surface area contributed by atoms with Crippen molar-refractivity contribution < 1.29 is 14.5 Å². The van der Waals surface area contributed by atoms with E-state index in [1.54, 1.807) is 42.5 Å². The zero-order valence-electron chi connectivity index (χ0n) is 18.8. The molecule has 0 saturated carbocycles. The average molecular weight is 480 g/mol. The third-order valence-electron chi connectivity index (χ3n) is 5.42. The topological polar surface area (TPSA) is 92.6 Å². The van der Waals surface area contributed by atoms with E-state index in [-0.39, 0.29) is 30.5 Å². The van der Waals surface area contributed by atoms with Crippen LogP contribution in [-0.2, 0) is 29.0 Å². The first-order chi connectivity index (χ1) is 16.4. The summed E-state index contributed by atoms with van der Waals surface area (Å²) in [6.45, 7) is 2.39. The Morgan fingerprint density at radius 2 is 1.62 bits per heavy atom. The molecule has 0 aliphatic heterocycles. The third-order valence-corrected chi connectivity index (χ3v) is 5.67. The van der Waals surface area contributed by atoms with Crippen LogP contribution in [0.1, 0.15) is 23.6 Å². The van der Waals surface area contributed by atoms with Gasteiger partial charge in [0.25, 0.3) is 5.69 Å². The van der Waals surface area contributed by atoms with E-state index in [0.717, 1.165) is 11.1 Å². The van der Waals surface area contributed by atoms with E-state index in [1.807, 2.05) is 37.3 Å². The Bertz CT molecular complexity index is 1140. The molecule has 0 spiro atoms. The number of likely N-dealkylation sites (N-methyl/N-ethyl adjacent to an activating group) is 1. The number of halogens is 1. The maximum Gasteiger partial charge on any atom is 0.273 e. The Kier molecular flexibility index (Phi) is 8.76. The molecule has 0 aliphatic rings. The normalized spacial score (nSPS) is 11.5. The van der Waals surface area contributed by atoms with Gasteiger partial charge in [-0.1, -0.05) is 72.3 Å². The van der Waals surface area contributed by atoms with E-state index in [9.17, 15) is 19.7 Å². The van der Waals surface area contributed by atoms with Crippen molar-refractivity contribution in [1.82, 2.24) is 10.2 Å². The Hall–Kier alpha value is -3.71. The van der Waals surface area contributed by atoms with Crippen LogP contribution in [0.5, 0.6) is 0 Å². The van der Waals surface area contributed by atoms with Crippen LogP contribution in [0.4, 0.5) is 5.69 Å². The molecule has 0 unspecified atom stereocenters. The number of nitrogens with one attached hydrogen (secondary N) is 1. The monoisotopic (exact) mass is 479 g/mol. The van der Waals surface area contributed by atoms with Gasteiger partial charge < -0.3 is 10.2 Å². The van der Waals surface area contributed by atoms with Crippen LogP contribution in [0.2, 0.25) is 5.02 Å². The minimum Gasteiger partial charge on any atom is -0.355 e. The fourth-order valence-electron chi connectivity index (χ4n) is 3.74. The molecule has 1 N–H and O–H groups in total. The first-order valence-corrected chi connectivity index (χ1v) is 11.3. The lowest BCUT2D eigenvalue weighted by Crippen LogP contribution is -2.51. The molecule has 0 radical (unpaired) electrons. The number of hydrogen-bond acceptors (Lipinski definition) is 4. The number of amides is 2. The van der Waals surface area contributed by atoms with Gasteiger partial charge in [0.05, 0.1) is 11.3 Å². The number of hydrogen-bond donors (Lipinski definition) is 1. The van der Waals surface area contributed by atoms with Crippen molar-refractivity contribution in [3.8, 4) is 0 Å². The van der Waals surface area contributed by atoms with Crippen molar-refractivity contribution in [3.05, 3.63) is 111 Å². The quantitative estimate of drug-likeness (QED) is 0.340. The van der Waals surface area contributed by atoms with Crippen molar-refractivity contribution in [2.45, 2.75) is 32.4 Å². The molecule has 1 atom stereocenters. The lowest BCUT2D eigenvalue weighted by Gasteiger charge is -2.31. The summed E-state index contributed by atoms with van der Waals surface area (Å²) in [6.07, 6.45) is 0.109. The maximum absolute atomic E-state index is 13.6. The second-order valence-electron chi connectivity index (χ2n) is 7.81. The van der Waals surface area contributed by atoms with Gasteiger partial charge in [0, 0.05) is 36.2 Å². The van der Waals surface area contributed by atoms with E-state index in [0.29, 0.717) is 23.6 Å². The lowest BCUT2D eigenvalue weighted by molar-refractivity contribution is -0.385. The van der Waals surface area contributed by atoms with Crippen LogP contribution in [0, 0.1) is 10.1 Å². The highest BCUT2D eigenvalue weighted by Gasteiger charge is 2.31. The maximum atomic E-state index is 13.6. The molecule has 0 saturated heterocycles. The van der Waals surface area contributed by atoms with Gasteiger partial charge in [-0.15, -0.1) is 0 Å². The van der Waals surface area contributed by atoms with E-state index in [1.165, 1.54) is 11.0 Å². The molecule has 7 nitrogen and oxygen atoms in total. The van der Waals surface area contributed by atoms with Gasteiger partial charge >= 0.3 is 0 Å². The largest absolute Gasteiger partial charge is 0.355 e. The van der Waals surface area contributed by atoms with Gasteiger partial charge in [0.1, 0.15) is 6.04 Å². The SMILES string of the molecule is CCNC(=O)[C@H](Cc1ccccc1)N(Cc1ccc(Cl)cc1)C(=O)Cc1ccccc1[N+](=O)[O-]. The van der Waals surface area contributed by atoms with Crippen molar-refractivity contribution >= 4 is 29.1 Å². The highest BCUT2D eigenvalue weighted by molar-refractivity contribution is 6.30. The summed E-state index contributed by atoms with van der Waals surface area (Å²) in [5, 5.41) is 14.9. The number of nitrogens with zero attached hydrogens (tertiary/aromatic N) is 2. The molecule has 0 aliphatic carbocycles. The average Bonchev–Trinajstić information content (AvgIpc) is 2.83. The molecular weight excluding hydrogens is 454 g/mol. The fourth-order valence-corrected chi connectivity index (χ4v) is 3.86. The highest BCUT2D eigenvalue weighted by atomic mass is 35.5. The summed E-state index contributed by atoms with van der Waals surface area (Å²) in [6, 6.07) is 21.8. The second kappa shape index (κ2) is 12.0. The Balaban J connectivity index is 1.99. The minimum atomic E-state index is -0.798. The van der Waals surface area contributed by atoms with Crippen LogP contribution in [0.25, 0.3) is 0 Å². The molecule has 34 heavy (non-hydrogen) atoms. The first kappa shape index (κ1) is 24.9. The van der Waals surface area contributed by atoms with Gasteiger partial charge in [-0.25, -0.2) is 0 Å². The fraction of sp³-hybridized carbons (Fsp3) is 0.231. The van der Waals surface area contributed by atoms with E-state index >= 15 is 0 Å². The Morgan fingerprint density at radius 3 is 2.26 bits per heavy atom. The number of rotatable bonds is 10. The molecule has 176 valence electrons. The Labute approximate surface area is 203 Å². The molecule has 0 heterocycles. The number of carbonyl (C=O) groups excluding carboxylic acids is 2. The second-order valence-corrected chi connectivity index (χ2v) is 8.25. The molecule has 3 aromatic rings. The van der Waals surface area contributed by atoms with Gasteiger partial charge in [-0.3, -0.25) is 19.7 Å². The number of carbonyl (C=O) groups is 2. The molecule has 0 bridgehead atoms. The summed E-state index contributed by atoms with van der Waals surface area (Å²) in [5.41, 5.74) is 1.87. The number of benzene rings is 3. The van der Waals surface area contributed by atoms with Gasteiger partial charge in [-0.2, -0.15) is 0 Å². The number of nitro benzene ring substituents is 1. The molecule has 3 aromatic carbocycles. The Morgan fingerprint density at radius 1 is 0.971 bits per heavy atom. The summed E-state index contributed by atoms with van der Waals surface area (Å²) < 4.78 is 0. The van der Waals surface area contributed by atoms with Crippen LogP contribution in [0.3, 0.4) is 0 Å². The van der Waals surface area contributed by atoms with Crippen molar-refractivity contribution in [2.24, 2.45) is 0 Å². The molecule has 0 aromatic heterocycles. The van der Waals surface area contributed by atoms with Crippen molar-refractivity contribution in [3.63, 3.8) is 0 Å². The smallest absolute Gasteiger partial charge is 0.273 e. The molecule has 3 rings (SSSR count). The first-order valence-electron chi connectivity index (χ1n) is 11.0. The van der Waals surface area contributed by atoms with Crippen LogP contribution >= 0.6 is 11.6 Å². The molecule has 2 amide bonds. The summed E-state index contributed by atoms with van der Waals surface area (Å²) >= 11 is 6.02. The number of para-hydroxylation sites is 1. The van der Waals surface area contributed by atoms with Crippen molar-refractivity contribution in [1.29, 1.82) is 0 Å². The van der Waals surface area contributed by atoms with E-state index in [2.05, 4.69) is 5.32 Å². The zero-order valence-corrected chi connectivity index (χ0v) is 19.6. The zero-order chi connectivity index (χ0) is 24.5. The van der Waals surface area contributed by atoms with Gasteiger partial charge in [0.15, 0.2) is 0 Å². The predicted octanol–water partition coefficient (Wildman–Crippen LogP) is 4.57. The molecule has 8 heteroatoms. The van der Waals surface area contributed by atoms with Crippen LogP contribution < -0.4 is 5.32 Å². The predicted molar refractivity (Wildman–Crippen MR) is 131 cm³/mol. The molecule has 0 fully saturated rings. The van der Waals surface area contributed by atoms with Crippen LogP contribution in [-0.4, -0.2) is 34.2 Å². The summed E-state index contributed by atoms with van der Waals surface area (Å²) in [4.78, 5) is 39.2.